The van der Waals surface area contributed by atoms with Crippen LogP contribution in [0.1, 0.15) is 11.1 Å². The van der Waals surface area contributed by atoms with E-state index < -0.39 is 0 Å². The summed E-state index contributed by atoms with van der Waals surface area (Å²) in [5, 5.41) is 6.84. The standard InChI is InChI=1S/C25H20BrCl2NO2/c1-30-24-12-16(14-29-19-9-10-21(26)22(27)13-19)11-23(28)25(24)31-15-18-7-4-6-17-5-2-3-8-20(17)18/h2-13,29H,14-15H2,1H3. The van der Waals surface area contributed by atoms with Crippen molar-refractivity contribution in [1.29, 1.82) is 0 Å². The Labute approximate surface area is 200 Å². The number of hydrogen-bond acceptors (Lipinski definition) is 3. The van der Waals surface area contributed by atoms with Gasteiger partial charge in [0.25, 0.3) is 0 Å². The number of fused-ring (bicyclic) bond motifs is 1. The molecule has 4 aromatic carbocycles. The fourth-order valence-corrected chi connectivity index (χ4v) is 4.11. The van der Waals surface area contributed by atoms with Gasteiger partial charge in [-0.25, -0.2) is 0 Å². The summed E-state index contributed by atoms with van der Waals surface area (Å²) in [4.78, 5) is 0. The van der Waals surface area contributed by atoms with Crippen molar-refractivity contribution in [1.82, 2.24) is 0 Å². The molecule has 4 aromatic rings. The molecule has 0 amide bonds. The number of ether oxygens (including phenoxy) is 2. The van der Waals surface area contributed by atoms with Gasteiger partial charge in [-0.2, -0.15) is 0 Å². The second-order valence-electron chi connectivity index (χ2n) is 7.02. The van der Waals surface area contributed by atoms with E-state index in [9.17, 15) is 0 Å². The molecule has 1 N–H and O–H groups in total. The van der Waals surface area contributed by atoms with Crippen molar-refractivity contribution < 1.29 is 9.47 Å². The van der Waals surface area contributed by atoms with E-state index in [1.54, 1.807) is 7.11 Å². The van der Waals surface area contributed by atoms with Gasteiger partial charge >= 0.3 is 0 Å². The molecule has 158 valence electrons. The first-order valence-corrected chi connectivity index (χ1v) is 11.2. The molecule has 0 saturated heterocycles. The van der Waals surface area contributed by atoms with Crippen molar-refractivity contribution in [2.24, 2.45) is 0 Å². The van der Waals surface area contributed by atoms with Gasteiger partial charge in [0.05, 0.1) is 17.2 Å². The molecule has 0 bridgehead atoms. The summed E-state index contributed by atoms with van der Waals surface area (Å²) in [5.74, 6) is 1.13. The fraction of sp³-hybridized carbons (Fsp3) is 0.120. The molecule has 0 spiro atoms. The zero-order valence-electron chi connectivity index (χ0n) is 16.8. The summed E-state index contributed by atoms with van der Waals surface area (Å²) in [6.07, 6.45) is 0. The number of nitrogens with one attached hydrogen (secondary N) is 1. The van der Waals surface area contributed by atoms with Gasteiger partial charge in [0, 0.05) is 16.7 Å². The van der Waals surface area contributed by atoms with Gasteiger partial charge in [0.15, 0.2) is 11.5 Å². The normalized spacial score (nSPS) is 10.8. The van der Waals surface area contributed by atoms with Gasteiger partial charge in [-0.1, -0.05) is 65.7 Å². The zero-order chi connectivity index (χ0) is 21.8. The third kappa shape index (κ3) is 5.09. The topological polar surface area (TPSA) is 30.5 Å². The van der Waals surface area contributed by atoms with Crippen LogP contribution in [0.3, 0.4) is 0 Å². The zero-order valence-corrected chi connectivity index (χ0v) is 19.9. The predicted molar refractivity (Wildman–Crippen MR) is 133 cm³/mol. The predicted octanol–water partition coefficient (Wildman–Crippen LogP) is 8.11. The van der Waals surface area contributed by atoms with E-state index in [1.165, 1.54) is 5.39 Å². The quantitative estimate of drug-likeness (QED) is 0.269. The van der Waals surface area contributed by atoms with Crippen molar-refractivity contribution in [3.8, 4) is 11.5 Å². The molecule has 0 aliphatic rings. The molecule has 0 unspecified atom stereocenters. The van der Waals surface area contributed by atoms with Crippen molar-refractivity contribution in [2.45, 2.75) is 13.2 Å². The second kappa shape index (κ2) is 9.82. The van der Waals surface area contributed by atoms with E-state index in [2.05, 4.69) is 45.5 Å². The largest absolute Gasteiger partial charge is 0.493 e. The maximum atomic E-state index is 6.57. The van der Waals surface area contributed by atoms with E-state index in [0.717, 1.165) is 26.7 Å². The van der Waals surface area contributed by atoms with E-state index in [0.29, 0.717) is 34.7 Å². The van der Waals surface area contributed by atoms with Crippen LogP contribution in [0.4, 0.5) is 5.69 Å². The van der Waals surface area contributed by atoms with Crippen LogP contribution in [0.2, 0.25) is 10.0 Å². The van der Waals surface area contributed by atoms with Gasteiger partial charge < -0.3 is 14.8 Å². The summed E-state index contributed by atoms with van der Waals surface area (Å²) in [7, 11) is 1.61. The third-order valence-electron chi connectivity index (χ3n) is 4.96. The Bertz CT molecular complexity index is 1220. The molecule has 4 rings (SSSR count). The van der Waals surface area contributed by atoms with Crippen molar-refractivity contribution in [3.05, 3.63) is 98.4 Å². The van der Waals surface area contributed by atoms with E-state index >= 15 is 0 Å². The first-order chi connectivity index (χ1) is 15.0. The minimum Gasteiger partial charge on any atom is -0.493 e. The summed E-state index contributed by atoms with van der Waals surface area (Å²) < 4.78 is 12.5. The maximum Gasteiger partial charge on any atom is 0.180 e. The molecule has 0 aromatic heterocycles. The molecule has 31 heavy (non-hydrogen) atoms. The molecule has 0 saturated carbocycles. The van der Waals surface area contributed by atoms with E-state index in [1.807, 2.05) is 48.5 Å². The second-order valence-corrected chi connectivity index (χ2v) is 8.69. The average Bonchev–Trinajstić information content (AvgIpc) is 2.78. The van der Waals surface area contributed by atoms with E-state index in [-0.39, 0.29) is 0 Å². The molecule has 0 fully saturated rings. The first-order valence-electron chi connectivity index (χ1n) is 9.70. The Morgan fingerprint density at radius 3 is 2.52 bits per heavy atom. The fourth-order valence-electron chi connectivity index (χ4n) is 3.39. The number of methoxy groups -OCH3 is 1. The molecular formula is C25H20BrCl2NO2. The van der Waals surface area contributed by atoms with Crippen molar-refractivity contribution >= 4 is 55.6 Å². The van der Waals surface area contributed by atoms with Crippen LogP contribution < -0.4 is 14.8 Å². The number of anilines is 1. The molecule has 6 heteroatoms. The number of hydrogen-bond donors (Lipinski definition) is 1. The summed E-state index contributed by atoms with van der Waals surface area (Å²) in [6.45, 7) is 0.962. The van der Waals surface area contributed by atoms with Gasteiger partial charge in [-0.05, 0) is 68.2 Å². The van der Waals surface area contributed by atoms with E-state index in [4.69, 9.17) is 32.7 Å². The lowest BCUT2D eigenvalue weighted by Gasteiger charge is -2.16. The Morgan fingerprint density at radius 2 is 1.71 bits per heavy atom. The highest BCUT2D eigenvalue weighted by molar-refractivity contribution is 9.10. The smallest absolute Gasteiger partial charge is 0.180 e. The van der Waals surface area contributed by atoms with Crippen LogP contribution in [-0.2, 0) is 13.2 Å². The lowest BCUT2D eigenvalue weighted by atomic mass is 10.1. The van der Waals surface area contributed by atoms with Crippen molar-refractivity contribution in [2.75, 3.05) is 12.4 Å². The highest BCUT2D eigenvalue weighted by atomic mass is 79.9. The van der Waals surface area contributed by atoms with Crippen LogP contribution in [0.15, 0.2) is 77.3 Å². The molecule has 0 atom stereocenters. The van der Waals surface area contributed by atoms with Crippen LogP contribution in [0.5, 0.6) is 11.5 Å². The van der Waals surface area contributed by atoms with Gasteiger partial charge in [0.1, 0.15) is 6.61 Å². The van der Waals surface area contributed by atoms with Crippen LogP contribution >= 0.6 is 39.1 Å². The molecule has 3 nitrogen and oxygen atoms in total. The lowest BCUT2D eigenvalue weighted by molar-refractivity contribution is 0.285. The lowest BCUT2D eigenvalue weighted by Crippen LogP contribution is -2.03. The summed E-state index contributed by atoms with van der Waals surface area (Å²) >= 11 is 16.1. The Kier molecular flexibility index (Phi) is 6.91. The third-order valence-corrected chi connectivity index (χ3v) is 6.47. The number of rotatable bonds is 7. The Morgan fingerprint density at radius 1 is 0.903 bits per heavy atom. The monoisotopic (exact) mass is 515 g/mol. The number of halogens is 3. The summed E-state index contributed by atoms with van der Waals surface area (Å²) in [5.41, 5.74) is 2.98. The highest BCUT2D eigenvalue weighted by Crippen LogP contribution is 2.37. The first kappa shape index (κ1) is 21.8. The SMILES string of the molecule is COc1cc(CNc2ccc(Br)c(Cl)c2)cc(Cl)c1OCc1cccc2ccccc12. The minimum atomic E-state index is 0.395. The molecule has 0 radical (unpaired) electrons. The van der Waals surface area contributed by atoms with Crippen molar-refractivity contribution in [3.63, 3.8) is 0 Å². The minimum absolute atomic E-state index is 0.395. The number of benzene rings is 4. The molecule has 0 heterocycles. The van der Waals surface area contributed by atoms with Crippen LogP contribution in [0.25, 0.3) is 10.8 Å². The van der Waals surface area contributed by atoms with Crippen LogP contribution in [0, 0.1) is 0 Å². The van der Waals surface area contributed by atoms with Gasteiger partial charge in [-0.15, -0.1) is 0 Å². The summed E-state index contributed by atoms with van der Waals surface area (Å²) in [6, 6.07) is 24.0. The van der Waals surface area contributed by atoms with Gasteiger partial charge in [-0.3, -0.25) is 0 Å². The maximum absolute atomic E-state index is 6.57. The molecular weight excluding hydrogens is 497 g/mol. The van der Waals surface area contributed by atoms with Gasteiger partial charge in [0.2, 0.25) is 0 Å². The average molecular weight is 517 g/mol. The highest BCUT2D eigenvalue weighted by Gasteiger charge is 2.13. The molecule has 0 aliphatic carbocycles. The Balaban J connectivity index is 1.51. The van der Waals surface area contributed by atoms with Crippen LogP contribution in [-0.4, -0.2) is 7.11 Å². The molecule has 0 aliphatic heterocycles. The Hall–Kier alpha value is -2.40.